The molecule has 1 aliphatic heterocycles. The number of β-amino-alcohol motifs (C(OH)–C–C–N with tert-alkyl or cyclic N) is 1. The van der Waals surface area contributed by atoms with Crippen molar-refractivity contribution >= 4 is 34.0 Å². The Balaban J connectivity index is 1.24. The molecule has 3 heterocycles. The molecular formula is C26H30FN7O. The maximum absolute atomic E-state index is 15.0. The molecule has 1 aliphatic rings. The quantitative estimate of drug-likeness (QED) is 0.306. The van der Waals surface area contributed by atoms with Gasteiger partial charge < -0.3 is 20.7 Å². The molecule has 0 radical (unpaired) electrons. The second kappa shape index (κ2) is 10.4. The molecule has 8 nitrogen and oxygen atoms in total. The predicted molar refractivity (Wildman–Crippen MR) is 137 cm³/mol. The second-order valence-corrected chi connectivity index (χ2v) is 8.90. The third-order valence-corrected chi connectivity index (χ3v) is 6.26. The number of hydrogen-bond acceptors (Lipinski definition) is 7. The summed E-state index contributed by atoms with van der Waals surface area (Å²) in [5, 5.41) is 16.0. The van der Waals surface area contributed by atoms with E-state index in [2.05, 4.69) is 47.5 Å². The van der Waals surface area contributed by atoms with E-state index in [1.807, 2.05) is 25.1 Å². The van der Waals surface area contributed by atoms with Crippen molar-refractivity contribution in [2.24, 2.45) is 0 Å². The topological polar surface area (TPSA) is 92.3 Å². The molecule has 1 saturated heterocycles. The molecule has 2 aromatic heterocycles. The van der Waals surface area contributed by atoms with E-state index in [0.717, 1.165) is 56.2 Å². The number of aliphatic hydroxyl groups is 1. The van der Waals surface area contributed by atoms with E-state index >= 15 is 0 Å². The van der Waals surface area contributed by atoms with Crippen LogP contribution in [0.5, 0.6) is 0 Å². The standard InChI is InChI=1S/C26H30FN7O/c1-18-15-21-22(29-18)5-6-23(25(21)27)31-24-7-8-28-26(32-24)30-20-4-2-3-19(16-20)17-34-11-9-33(10-12-34)13-14-35/h2-8,15-16,29,35H,9-14,17H2,1H3,(H2,28,30,31,32). The zero-order valence-electron chi connectivity index (χ0n) is 19.8. The minimum absolute atomic E-state index is 0.212. The first kappa shape index (κ1) is 23.2. The summed E-state index contributed by atoms with van der Waals surface area (Å²) in [6.45, 7) is 7.65. The minimum Gasteiger partial charge on any atom is -0.395 e. The van der Waals surface area contributed by atoms with E-state index in [1.165, 1.54) is 5.56 Å². The maximum atomic E-state index is 15.0. The van der Waals surface area contributed by atoms with Gasteiger partial charge in [-0.2, -0.15) is 4.98 Å². The van der Waals surface area contributed by atoms with E-state index in [9.17, 15) is 4.39 Å². The fourth-order valence-electron chi connectivity index (χ4n) is 4.48. The van der Waals surface area contributed by atoms with Gasteiger partial charge in [-0.05, 0) is 48.9 Å². The lowest BCUT2D eigenvalue weighted by molar-refractivity contribution is 0.108. The number of nitrogens with one attached hydrogen (secondary N) is 3. The summed E-state index contributed by atoms with van der Waals surface area (Å²) in [6.07, 6.45) is 1.64. The Bertz CT molecular complexity index is 1300. The van der Waals surface area contributed by atoms with Crippen molar-refractivity contribution in [3.63, 3.8) is 0 Å². The lowest BCUT2D eigenvalue weighted by Crippen LogP contribution is -2.46. The normalized spacial score (nSPS) is 14.9. The van der Waals surface area contributed by atoms with Gasteiger partial charge in [0.2, 0.25) is 5.95 Å². The lowest BCUT2D eigenvalue weighted by atomic mass is 10.1. The molecule has 9 heteroatoms. The predicted octanol–water partition coefficient (Wildman–Crippen LogP) is 4.00. The van der Waals surface area contributed by atoms with Crippen molar-refractivity contribution in [3.05, 3.63) is 71.8 Å². The Morgan fingerprint density at radius 3 is 2.69 bits per heavy atom. The van der Waals surface area contributed by atoms with Crippen LogP contribution in [0.15, 0.2) is 54.7 Å². The van der Waals surface area contributed by atoms with Crippen molar-refractivity contribution in [1.29, 1.82) is 0 Å². The van der Waals surface area contributed by atoms with Gasteiger partial charge in [0, 0.05) is 67.7 Å². The summed E-state index contributed by atoms with van der Waals surface area (Å²) in [6, 6.07) is 15.3. The average Bonchev–Trinajstić information content (AvgIpc) is 3.24. The van der Waals surface area contributed by atoms with Crippen molar-refractivity contribution in [2.75, 3.05) is 50.0 Å². The van der Waals surface area contributed by atoms with E-state index in [0.29, 0.717) is 22.8 Å². The highest BCUT2D eigenvalue weighted by atomic mass is 19.1. The van der Waals surface area contributed by atoms with Gasteiger partial charge in [-0.3, -0.25) is 9.80 Å². The molecule has 1 fully saturated rings. The number of piperazine rings is 1. The number of aliphatic hydroxyl groups excluding tert-OH is 1. The fraction of sp³-hybridized carbons (Fsp3) is 0.308. The van der Waals surface area contributed by atoms with E-state index in [-0.39, 0.29) is 12.4 Å². The fourth-order valence-corrected chi connectivity index (χ4v) is 4.48. The van der Waals surface area contributed by atoms with Crippen LogP contribution in [0.2, 0.25) is 0 Å². The van der Waals surface area contributed by atoms with E-state index in [4.69, 9.17) is 5.11 Å². The SMILES string of the molecule is Cc1cc2c(F)c(Nc3ccnc(Nc4cccc(CN5CCN(CCO)CC5)c4)n3)ccc2[nH]1. The largest absolute Gasteiger partial charge is 0.395 e. The van der Waals surface area contributed by atoms with Crippen LogP contribution in [0.25, 0.3) is 10.9 Å². The van der Waals surface area contributed by atoms with Crippen LogP contribution < -0.4 is 10.6 Å². The van der Waals surface area contributed by atoms with Gasteiger partial charge in [-0.15, -0.1) is 0 Å². The molecule has 35 heavy (non-hydrogen) atoms. The van der Waals surface area contributed by atoms with Crippen molar-refractivity contribution in [2.45, 2.75) is 13.5 Å². The van der Waals surface area contributed by atoms with E-state index in [1.54, 1.807) is 24.4 Å². The van der Waals surface area contributed by atoms with Crippen LogP contribution in [-0.2, 0) is 6.54 Å². The van der Waals surface area contributed by atoms with Crippen LogP contribution in [0.4, 0.5) is 27.5 Å². The third kappa shape index (κ3) is 5.59. The number of nitrogens with zero attached hydrogens (tertiary/aromatic N) is 4. The molecule has 0 unspecified atom stereocenters. The molecule has 0 atom stereocenters. The maximum Gasteiger partial charge on any atom is 0.229 e. The number of halogens is 1. The molecule has 0 amide bonds. The number of benzene rings is 2. The summed E-state index contributed by atoms with van der Waals surface area (Å²) in [4.78, 5) is 16.7. The van der Waals surface area contributed by atoms with Crippen molar-refractivity contribution < 1.29 is 9.50 Å². The van der Waals surface area contributed by atoms with Gasteiger partial charge in [0.15, 0.2) is 5.82 Å². The number of fused-ring (bicyclic) bond motifs is 1. The summed E-state index contributed by atoms with van der Waals surface area (Å²) in [5.41, 5.74) is 4.14. The molecule has 5 rings (SSSR count). The van der Waals surface area contributed by atoms with Crippen LogP contribution in [0, 0.1) is 12.7 Å². The Morgan fingerprint density at radius 2 is 1.86 bits per heavy atom. The monoisotopic (exact) mass is 475 g/mol. The number of anilines is 4. The van der Waals surface area contributed by atoms with Gasteiger partial charge in [-0.1, -0.05) is 12.1 Å². The third-order valence-electron chi connectivity index (χ3n) is 6.26. The Morgan fingerprint density at radius 1 is 1.03 bits per heavy atom. The molecule has 0 aliphatic carbocycles. The number of hydrogen-bond donors (Lipinski definition) is 4. The summed E-state index contributed by atoms with van der Waals surface area (Å²) < 4.78 is 15.0. The molecule has 0 spiro atoms. The van der Waals surface area contributed by atoms with Gasteiger partial charge >= 0.3 is 0 Å². The smallest absolute Gasteiger partial charge is 0.229 e. The van der Waals surface area contributed by atoms with Crippen LogP contribution in [0.1, 0.15) is 11.3 Å². The first-order valence-corrected chi connectivity index (χ1v) is 11.9. The average molecular weight is 476 g/mol. The molecule has 4 aromatic rings. The number of H-pyrrole nitrogens is 1. The summed E-state index contributed by atoms with van der Waals surface area (Å²) in [7, 11) is 0. The first-order valence-electron chi connectivity index (χ1n) is 11.9. The molecule has 2 aromatic carbocycles. The number of aromatic amines is 1. The number of aromatic nitrogens is 3. The highest BCUT2D eigenvalue weighted by Gasteiger charge is 2.16. The van der Waals surface area contributed by atoms with Gasteiger partial charge in [0.25, 0.3) is 0 Å². The summed E-state index contributed by atoms with van der Waals surface area (Å²) >= 11 is 0. The first-order chi connectivity index (χ1) is 17.1. The van der Waals surface area contributed by atoms with Crippen molar-refractivity contribution in [3.8, 4) is 0 Å². The highest BCUT2D eigenvalue weighted by molar-refractivity contribution is 5.85. The second-order valence-electron chi connectivity index (χ2n) is 8.90. The Hall–Kier alpha value is -3.53. The zero-order valence-corrected chi connectivity index (χ0v) is 19.8. The zero-order chi connectivity index (χ0) is 24.2. The van der Waals surface area contributed by atoms with Crippen LogP contribution in [0.3, 0.4) is 0 Å². The number of rotatable bonds is 8. The molecular weight excluding hydrogens is 445 g/mol. The van der Waals surface area contributed by atoms with Gasteiger partial charge in [0.05, 0.1) is 12.3 Å². The lowest BCUT2D eigenvalue weighted by Gasteiger charge is -2.34. The molecule has 0 bridgehead atoms. The van der Waals surface area contributed by atoms with E-state index < -0.39 is 0 Å². The Labute approximate surface area is 203 Å². The van der Waals surface area contributed by atoms with Gasteiger partial charge in [-0.25, -0.2) is 9.37 Å². The van der Waals surface area contributed by atoms with Crippen LogP contribution >= 0.6 is 0 Å². The molecule has 182 valence electrons. The highest BCUT2D eigenvalue weighted by Crippen LogP contribution is 2.27. The molecule has 4 N–H and O–H groups in total. The van der Waals surface area contributed by atoms with Crippen LogP contribution in [-0.4, -0.2) is 69.2 Å². The summed E-state index contributed by atoms with van der Waals surface area (Å²) in [5.74, 6) is 0.624. The Kier molecular flexibility index (Phi) is 6.89. The minimum atomic E-state index is -0.315. The van der Waals surface area contributed by atoms with Crippen molar-refractivity contribution in [1.82, 2.24) is 24.8 Å². The molecule has 0 saturated carbocycles. The van der Waals surface area contributed by atoms with Gasteiger partial charge in [0.1, 0.15) is 5.82 Å². The number of aryl methyl sites for hydroxylation is 1.